The van der Waals surface area contributed by atoms with Gasteiger partial charge >= 0.3 is 0 Å². The molecule has 4 rings (SSSR count). The smallest absolute Gasteiger partial charge is 0.212 e. The van der Waals surface area contributed by atoms with Gasteiger partial charge in [0.25, 0.3) is 0 Å². The summed E-state index contributed by atoms with van der Waals surface area (Å²) in [4.78, 5) is 5.58. The van der Waals surface area contributed by atoms with Gasteiger partial charge in [-0.1, -0.05) is 47.6 Å². The van der Waals surface area contributed by atoms with Crippen molar-refractivity contribution in [1.82, 2.24) is 25.0 Å². The van der Waals surface area contributed by atoms with E-state index in [1.54, 1.807) is 4.52 Å². The second kappa shape index (κ2) is 4.98. The van der Waals surface area contributed by atoms with Crippen molar-refractivity contribution in [3.63, 3.8) is 0 Å². The molecule has 0 amide bonds. The average molecular weight is 314 g/mol. The van der Waals surface area contributed by atoms with Crippen molar-refractivity contribution in [3.8, 4) is 0 Å². The predicted octanol–water partition coefficient (Wildman–Crippen LogP) is 3.48. The number of halogens is 1. The Morgan fingerprint density at radius 3 is 2.71 bits per heavy atom. The van der Waals surface area contributed by atoms with E-state index in [9.17, 15) is 0 Å². The molecule has 0 aliphatic carbocycles. The fourth-order valence-corrected chi connectivity index (χ4v) is 3.21. The molecule has 0 saturated carbocycles. The molecule has 102 valence electrons. The van der Waals surface area contributed by atoms with Crippen LogP contribution in [0, 0.1) is 0 Å². The van der Waals surface area contributed by atoms with E-state index >= 15 is 0 Å². The summed E-state index contributed by atoms with van der Waals surface area (Å²) in [7, 11) is 0. The highest BCUT2D eigenvalue weighted by atomic mass is 35.5. The number of fused-ring (bicyclic) bond motifs is 3. The predicted molar refractivity (Wildman–Crippen MR) is 81.7 cm³/mol. The van der Waals surface area contributed by atoms with Gasteiger partial charge in [-0.15, -0.1) is 5.10 Å². The number of aromatic nitrogens is 5. The Balaban J connectivity index is 1.95. The van der Waals surface area contributed by atoms with Crippen molar-refractivity contribution in [2.75, 3.05) is 0 Å². The minimum absolute atomic E-state index is 0.624. The number of hydrogen-bond donors (Lipinski definition) is 0. The summed E-state index contributed by atoms with van der Waals surface area (Å²) in [5, 5.41) is 13.3. The Bertz CT molecular complexity index is 952. The number of benzene rings is 2. The van der Waals surface area contributed by atoms with Gasteiger partial charge in [0.1, 0.15) is 5.03 Å². The van der Waals surface area contributed by atoms with Gasteiger partial charge in [0.15, 0.2) is 0 Å². The molecule has 2 aromatic carbocycles. The molecule has 0 fully saturated rings. The maximum absolute atomic E-state index is 6.21. The summed E-state index contributed by atoms with van der Waals surface area (Å²) < 4.78 is 1.70. The minimum atomic E-state index is 0.624. The van der Waals surface area contributed by atoms with Crippen molar-refractivity contribution in [2.24, 2.45) is 0 Å². The van der Waals surface area contributed by atoms with E-state index < -0.39 is 0 Å². The Morgan fingerprint density at radius 1 is 1.00 bits per heavy atom. The molecule has 0 N–H and O–H groups in total. The topological polar surface area (TPSA) is 56.0 Å². The van der Waals surface area contributed by atoms with Crippen LogP contribution in [0.5, 0.6) is 0 Å². The van der Waals surface area contributed by atoms with E-state index in [0.717, 1.165) is 21.0 Å². The van der Waals surface area contributed by atoms with Crippen LogP contribution in [-0.2, 0) is 0 Å². The number of tetrazole rings is 1. The highest BCUT2D eigenvalue weighted by Crippen LogP contribution is 2.34. The summed E-state index contributed by atoms with van der Waals surface area (Å²) >= 11 is 7.67. The molecule has 0 unspecified atom stereocenters. The minimum Gasteiger partial charge on any atom is -0.235 e. The zero-order chi connectivity index (χ0) is 14.2. The first-order valence-corrected chi connectivity index (χ1v) is 7.41. The van der Waals surface area contributed by atoms with Crippen molar-refractivity contribution in [2.45, 2.75) is 9.92 Å². The molecule has 0 atom stereocenters. The summed E-state index contributed by atoms with van der Waals surface area (Å²) in [5.41, 5.74) is 2.34. The Morgan fingerprint density at radius 2 is 1.81 bits per heavy atom. The largest absolute Gasteiger partial charge is 0.235 e. The summed E-state index contributed by atoms with van der Waals surface area (Å²) in [6.07, 6.45) is 0. The highest BCUT2D eigenvalue weighted by Gasteiger charge is 2.13. The number of para-hydroxylation sites is 2. The van der Waals surface area contributed by atoms with E-state index in [-0.39, 0.29) is 0 Å². The van der Waals surface area contributed by atoms with Crippen molar-refractivity contribution in [1.29, 1.82) is 0 Å². The number of rotatable bonds is 2. The molecule has 0 bridgehead atoms. The molecule has 21 heavy (non-hydrogen) atoms. The zero-order valence-electron chi connectivity index (χ0n) is 10.6. The Kier molecular flexibility index (Phi) is 2.98. The van der Waals surface area contributed by atoms with Gasteiger partial charge in [0.2, 0.25) is 5.65 Å². The molecule has 2 aromatic heterocycles. The molecular formula is C14H8ClN5S. The van der Waals surface area contributed by atoms with E-state index in [0.29, 0.717) is 10.7 Å². The van der Waals surface area contributed by atoms with Crippen LogP contribution >= 0.6 is 23.4 Å². The van der Waals surface area contributed by atoms with Crippen LogP contribution in [0.4, 0.5) is 0 Å². The van der Waals surface area contributed by atoms with Crippen LogP contribution in [-0.4, -0.2) is 25.0 Å². The lowest BCUT2D eigenvalue weighted by Gasteiger charge is -2.06. The molecule has 2 heterocycles. The van der Waals surface area contributed by atoms with E-state index in [1.165, 1.54) is 11.8 Å². The molecule has 0 spiro atoms. The molecular weight excluding hydrogens is 306 g/mol. The van der Waals surface area contributed by atoms with Crippen molar-refractivity contribution in [3.05, 3.63) is 53.6 Å². The summed E-state index contributed by atoms with van der Waals surface area (Å²) in [6, 6.07) is 15.4. The second-order valence-electron chi connectivity index (χ2n) is 4.35. The third-order valence-corrected chi connectivity index (χ3v) is 4.52. The fourth-order valence-electron chi connectivity index (χ4n) is 2.08. The monoisotopic (exact) mass is 313 g/mol. The van der Waals surface area contributed by atoms with Crippen molar-refractivity contribution >= 4 is 40.0 Å². The first-order chi connectivity index (χ1) is 10.3. The first kappa shape index (κ1) is 12.6. The Labute approximate surface area is 128 Å². The van der Waals surface area contributed by atoms with Gasteiger partial charge in [0, 0.05) is 4.90 Å². The van der Waals surface area contributed by atoms with Crippen LogP contribution in [0.1, 0.15) is 0 Å². The second-order valence-corrected chi connectivity index (χ2v) is 5.79. The normalized spacial score (nSPS) is 11.3. The standard InChI is InChI=1S/C14H8ClN5S/c15-9-5-1-4-8-12(9)21-14-13-17-18-19-20(13)11-7-3-2-6-10(11)16-14/h1-8H. The first-order valence-electron chi connectivity index (χ1n) is 6.22. The van der Waals surface area contributed by atoms with Crippen LogP contribution in [0.3, 0.4) is 0 Å². The average Bonchev–Trinajstić information content (AvgIpc) is 3.00. The van der Waals surface area contributed by atoms with Gasteiger partial charge in [-0.2, -0.15) is 4.52 Å². The fraction of sp³-hybridized carbons (Fsp3) is 0. The van der Waals surface area contributed by atoms with Gasteiger partial charge in [0.05, 0.1) is 16.1 Å². The van der Waals surface area contributed by atoms with Crippen LogP contribution in [0.15, 0.2) is 58.5 Å². The van der Waals surface area contributed by atoms with Gasteiger partial charge in [-0.3, -0.25) is 0 Å². The lowest BCUT2D eigenvalue weighted by molar-refractivity contribution is 0.839. The van der Waals surface area contributed by atoms with Crippen LogP contribution < -0.4 is 0 Å². The molecule has 5 nitrogen and oxygen atoms in total. The van der Waals surface area contributed by atoms with Crippen molar-refractivity contribution < 1.29 is 0 Å². The molecule has 0 radical (unpaired) electrons. The SMILES string of the molecule is Clc1ccccc1Sc1nc2ccccc2n2nnnc12. The molecule has 0 saturated heterocycles. The molecule has 7 heteroatoms. The van der Waals surface area contributed by atoms with Gasteiger partial charge in [-0.25, -0.2) is 4.98 Å². The third-order valence-electron chi connectivity index (χ3n) is 3.04. The van der Waals surface area contributed by atoms with Gasteiger partial charge in [-0.05, 0) is 34.7 Å². The maximum Gasteiger partial charge on any atom is 0.212 e. The zero-order valence-corrected chi connectivity index (χ0v) is 12.2. The molecule has 0 aliphatic heterocycles. The quantitative estimate of drug-likeness (QED) is 0.567. The van der Waals surface area contributed by atoms with Crippen LogP contribution in [0.2, 0.25) is 5.02 Å². The van der Waals surface area contributed by atoms with Gasteiger partial charge < -0.3 is 0 Å². The van der Waals surface area contributed by atoms with Crippen LogP contribution in [0.25, 0.3) is 16.7 Å². The Hall–Kier alpha value is -2.18. The number of hydrogen-bond acceptors (Lipinski definition) is 5. The van der Waals surface area contributed by atoms with E-state index in [4.69, 9.17) is 11.6 Å². The lowest BCUT2D eigenvalue weighted by atomic mass is 10.3. The van der Waals surface area contributed by atoms with E-state index in [1.807, 2.05) is 48.5 Å². The number of nitrogens with zero attached hydrogens (tertiary/aromatic N) is 5. The highest BCUT2D eigenvalue weighted by molar-refractivity contribution is 7.99. The summed E-state index contributed by atoms with van der Waals surface area (Å²) in [6.45, 7) is 0. The third kappa shape index (κ3) is 2.12. The molecule has 4 aromatic rings. The molecule has 0 aliphatic rings. The summed E-state index contributed by atoms with van der Waals surface area (Å²) in [5.74, 6) is 0. The van der Waals surface area contributed by atoms with E-state index in [2.05, 4.69) is 20.5 Å². The maximum atomic E-state index is 6.21. The lowest BCUT2D eigenvalue weighted by Crippen LogP contribution is -1.96.